The Bertz CT molecular complexity index is 777. The van der Waals surface area contributed by atoms with Crippen molar-refractivity contribution in [1.82, 2.24) is 4.31 Å². The van der Waals surface area contributed by atoms with Gasteiger partial charge in [-0.05, 0) is 35.9 Å². The van der Waals surface area contributed by atoms with E-state index in [1.54, 1.807) is 24.3 Å². The Labute approximate surface area is 123 Å². The maximum Gasteiger partial charge on any atom is 0.243 e. The molecule has 0 aromatic heterocycles. The average molecular weight is 302 g/mol. The first-order chi connectivity index (χ1) is 9.93. The van der Waals surface area contributed by atoms with Crippen LogP contribution >= 0.6 is 0 Å². The fourth-order valence-corrected chi connectivity index (χ4v) is 3.05. The maximum absolute atomic E-state index is 12.4. The van der Waals surface area contributed by atoms with Crippen LogP contribution in [0.1, 0.15) is 11.1 Å². The summed E-state index contributed by atoms with van der Waals surface area (Å²) in [6, 6.07) is 14.2. The van der Waals surface area contributed by atoms with E-state index in [0.717, 1.165) is 5.56 Å². The second kappa shape index (κ2) is 5.95. The van der Waals surface area contributed by atoms with E-state index in [-0.39, 0.29) is 17.2 Å². The molecular formula is C15H14N2O3S. The molecule has 0 bridgehead atoms. The number of sulfonamides is 1. The Morgan fingerprint density at radius 2 is 1.86 bits per heavy atom. The molecule has 0 atom stereocenters. The van der Waals surface area contributed by atoms with Gasteiger partial charge in [0.05, 0.1) is 16.5 Å². The topological polar surface area (TPSA) is 81.4 Å². The Hall–Kier alpha value is -2.36. The van der Waals surface area contributed by atoms with Gasteiger partial charge in [0.15, 0.2) is 0 Å². The van der Waals surface area contributed by atoms with Crippen LogP contribution in [-0.4, -0.2) is 24.9 Å². The molecule has 2 aromatic rings. The van der Waals surface area contributed by atoms with E-state index in [1.807, 2.05) is 6.07 Å². The number of phenols is 1. The van der Waals surface area contributed by atoms with E-state index in [0.29, 0.717) is 5.56 Å². The van der Waals surface area contributed by atoms with Crippen molar-refractivity contribution in [2.45, 2.75) is 11.4 Å². The van der Waals surface area contributed by atoms with E-state index < -0.39 is 10.0 Å². The Morgan fingerprint density at radius 1 is 1.19 bits per heavy atom. The van der Waals surface area contributed by atoms with Crippen LogP contribution in [0, 0.1) is 11.3 Å². The lowest BCUT2D eigenvalue weighted by molar-refractivity contribution is 0.463. The van der Waals surface area contributed by atoms with Gasteiger partial charge in [-0.25, -0.2) is 8.42 Å². The van der Waals surface area contributed by atoms with Crippen molar-refractivity contribution in [3.05, 3.63) is 59.7 Å². The van der Waals surface area contributed by atoms with Crippen molar-refractivity contribution >= 4 is 10.0 Å². The predicted octanol–water partition coefficient (Wildman–Crippen LogP) is 2.08. The quantitative estimate of drug-likeness (QED) is 0.937. The standard InChI is InChI=1S/C15H14N2O3S/c1-17(11-12-5-7-14(18)8-6-12)21(19,20)15-4-2-3-13(9-15)10-16/h2-9,18H,11H2,1H3. The van der Waals surface area contributed by atoms with Crippen LogP contribution in [0.5, 0.6) is 5.75 Å². The minimum Gasteiger partial charge on any atom is -0.508 e. The van der Waals surface area contributed by atoms with Crippen molar-refractivity contribution in [2.24, 2.45) is 0 Å². The largest absolute Gasteiger partial charge is 0.508 e. The van der Waals surface area contributed by atoms with E-state index in [1.165, 1.54) is 35.6 Å². The fraction of sp³-hybridized carbons (Fsp3) is 0.133. The predicted molar refractivity (Wildman–Crippen MR) is 77.9 cm³/mol. The van der Waals surface area contributed by atoms with E-state index in [9.17, 15) is 13.5 Å². The Kier molecular flexibility index (Phi) is 4.26. The van der Waals surface area contributed by atoms with Crippen molar-refractivity contribution in [3.8, 4) is 11.8 Å². The van der Waals surface area contributed by atoms with Gasteiger partial charge < -0.3 is 5.11 Å². The molecule has 0 aliphatic carbocycles. The van der Waals surface area contributed by atoms with Gasteiger partial charge in [0.1, 0.15) is 5.75 Å². The highest BCUT2D eigenvalue weighted by Crippen LogP contribution is 2.18. The number of nitrogens with zero attached hydrogens (tertiary/aromatic N) is 2. The lowest BCUT2D eigenvalue weighted by atomic mass is 10.2. The summed E-state index contributed by atoms with van der Waals surface area (Å²) in [4.78, 5) is 0.0860. The van der Waals surface area contributed by atoms with Crippen LogP contribution in [0.15, 0.2) is 53.4 Å². The minimum atomic E-state index is -3.66. The van der Waals surface area contributed by atoms with E-state index in [4.69, 9.17) is 5.26 Å². The molecule has 0 unspecified atom stereocenters. The first-order valence-electron chi connectivity index (χ1n) is 6.18. The van der Waals surface area contributed by atoms with Gasteiger partial charge >= 0.3 is 0 Å². The van der Waals surface area contributed by atoms with Gasteiger partial charge in [-0.2, -0.15) is 9.57 Å². The number of phenolic OH excluding ortho intramolecular Hbond substituents is 1. The molecule has 108 valence electrons. The lowest BCUT2D eigenvalue weighted by Gasteiger charge is -2.17. The normalized spacial score (nSPS) is 11.3. The molecule has 21 heavy (non-hydrogen) atoms. The summed E-state index contributed by atoms with van der Waals surface area (Å²) >= 11 is 0. The monoisotopic (exact) mass is 302 g/mol. The zero-order chi connectivity index (χ0) is 15.5. The molecular weight excluding hydrogens is 288 g/mol. The molecule has 2 rings (SSSR count). The summed E-state index contributed by atoms with van der Waals surface area (Å²) in [5.41, 5.74) is 1.06. The zero-order valence-electron chi connectivity index (χ0n) is 11.4. The van der Waals surface area contributed by atoms with Gasteiger partial charge in [0, 0.05) is 13.6 Å². The summed E-state index contributed by atoms with van der Waals surface area (Å²) in [5.74, 6) is 0.131. The average Bonchev–Trinajstić information content (AvgIpc) is 2.49. The minimum absolute atomic E-state index is 0.0860. The molecule has 0 saturated heterocycles. The molecule has 0 radical (unpaired) electrons. The second-order valence-corrected chi connectivity index (χ2v) is 6.61. The first kappa shape index (κ1) is 15.0. The molecule has 0 saturated carbocycles. The van der Waals surface area contributed by atoms with Gasteiger partial charge in [-0.1, -0.05) is 18.2 Å². The summed E-state index contributed by atoms with van der Waals surface area (Å²) in [7, 11) is -2.19. The van der Waals surface area contributed by atoms with Crippen molar-refractivity contribution in [2.75, 3.05) is 7.05 Å². The smallest absolute Gasteiger partial charge is 0.243 e. The number of hydrogen-bond acceptors (Lipinski definition) is 4. The molecule has 5 nitrogen and oxygen atoms in total. The third kappa shape index (κ3) is 3.40. The van der Waals surface area contributed by atoms with Gasteiger partial charge in [0.2, 0.25) is 10.0 Å². The number of nitriles is 1. The highest BCUT2D eigenvalue weighted by molar-refractivity contribution is 7.89. The van der Waals surface area contributed by atoms with Crippen molar-refractivity contribution in [1.29, 1.82) is 5.26 Å². The summed E-state index contributed by atoms with van der Waals surface area (Å²) in [6.07, 6.45) is 0. The summed E-state index contributed by atoms with van der Waals surface area (Å²) in [5, 5.41) is 18.1. The summed E-state index contributed by atoms with van der Waals surface area (Å²) < 4.78 is 26.1. The van der Waals surface area contributed by atoms with Gasteiger partial charge in [0.25, 0.3) is 0 Å². The molecule has 0 amide bonds. The second-order valence-electron chi connectivity index (χ2n) is 4.57. The van der Waals surface area contributed by atoms with E-state index in [2.05, 4.69) is 0 Å². The lowest BCUT2D eigenvalue weighted by Crippen LogP contribution is -2.26. The van der Waals surface area contributed by atoms with Gasteiger partial charge in [-0.15, -0.1) is 0 Å². The fourth-order valence-electron chi connectivity index (χ4n) is 1.85. The number of rotatable bonds is 4. The third-order valence-corrected chi connectivity index (χ3v) is 4.81. The van der Waals surface area contributed by atoms with Gasteiger partial charge in [-0.3, -0.25) is 0 Å². The van der Waals surface area contributed by atoms with Crippen LogP contribution in [0.3, 0.4) is 0 Å². The first-order valence-corrected chi connectivity index (χ1v) is 7.62. The maximum atomic E-state index is 12.4. The van der Waals surface area contributed by atoms with Crippen LogP contribution in [0.25, 0.3) is 0 Å². The highest BCUT2D eigenvalue weighted by atomic mass is 32.2. The van der Waals surface area contributed by atoms with Crippen LogP contribution < -0.4 is 0 Å². The molecule has 0 aliphatic heterocycles. The summed E-state index contributed by atoms with van der Waals surface area (Å²) in [6.45, 7) is 0.180. The number of hydrogen-bond donors (Lipinski definition) is 1. The molecule has 0 aliphatic rings. The Morgan fingerprint density at radius 3 is 2.48 bits per heavy atom. The number of aromatic hydroxyl groups is 1. The molecule has 6 heteroatoms. The molecule has 1 N–H and O–H groups in total. The Balaban J connectivity index is 2.26. The molecule has 2 aromatic carbocycles. The number of benzene rings is 2. The molecule has 0 heterocycles. The van der Waals surface area contributed by atoms with Crippen molar-refractivity contribution < 1.29 is 13.5 Å². The highest BCUT2D eigenvalue weighted by Gasteiger charge is 2.21. The third-order valence-electron chi connectivity index (χ3n) is 3.01. The van der Waals surface area contributed by atoms with Crippen LogP contribution in [-0.2, 0) is 16.6 Å². The van der Waals surface area contributed by atoms with E-state index >= 15 is 0 Å². The molecule has 0 spiro atoms. The van der Waals surface area contributed by atoms with Crippen LogP contribution in [0.2, 0.25) is 0 Å². The SMILES string of the molecule is CN(Cc1ccc(O)cc1)S(=O)(=O)c1cccc(C#N)c1. The van der Waals surface area contributed by atoms with Crippen LogP contribution in [0.4, 0.5) is 0 Å². The molecule has 0 fully saturated rings. The van der Waals surface area contributed by atoms with Crippen molar-refractivity contribution in [3.63, 3.8) is 0 Å². The zero-order valence-corrected chi connectivity index (χ0v) is 12.2.